The molecule has 2 unspecified atom stereocenters. The lowest BCUT2D eigenvalue weighted by molar-refractivity contribution is -0.149. The number of nitrogens with one attached hydrogen (secondary N) is 1. The van der Waals surface area contributed by atoms with Crippen molar-refractivity contribution in [1.29, 1.82) is 0 Å². The summed E-state index contributed by atoms with van der Waals surface area (Å²) in [5.41, 5.74) is 4.77. The number of hydrogen-bond acceptors (Lipinski definition) is 7. The van der Waals surface area contributed by atoms with Crippen molar-refractivity contribution in [2.45, 2.75) is 233 Å². The van der Waals surface area contributed by atoms with Crippen molar-refractivity contribution in [3.8, 4) is 0 Å². The zero-order chi connectivity index (χ0) is 37.0. The second-order valence-electron chi connectivity index (χ2n) is 14.8. The van der Waals surface area contributed by atoms with Gasteiger partial charge in [-0.25, -0.2) is 4.79 Å². The lowest BCUT2D eigenvalue weighted by Crippen LogP contribution is -2.37. The fourth-order valence-electron chi connectivity index (χ4n) is 5.70. The maximum atomic E-state index is 12.1. The van der Waals surface area contributed by atoms with Crippen LogP contribution in [0.2, 0.25) is 0 Å². The first-order chi connectivity index (χ1) is 23.5. The van der Waals surface area contributed by atoms with Crippen molar-refractivity contribution in [1.82, 2.24) is 5.32 Å². The van der Waals surface area contributed by atoms with Crippen molar-refractivity contribution in [2.24, 2.45) is 5.73 Å². The Morgan fingerprint density at radius 1 is 0.510 bits per heavy atom. The summed E-state index contributed by atoms with van der Waals surface area (Å²) in [5.74, 6) is -0.630. The molecule has 0 radical (unpaired) electrons. The van der Waals surface area contributed by atoms with Crippen molar-refractivity contribution in [3.63, 3.8) is 0 Å². The highest BCUT2D eigenvalue weighted by molar-refractivity contribution is 5.78. The summed E-state index contributed by atoms with van der Waals surface area (Å²) >= 11 is 0. The molecular formula is C41H82N2O6. The summed E-state index contributed by atoms with van der Waals surface area (Å²) in [4.78, 5) is 35.2. The van der Waals surface area contributed by atoms with Crippen LogP contribution in [0, 0.1) is 0 Å². The van der Waals surface area contributed by atoms with Crippen LogP contribution in [0.5, 0.6) is 0 Å². The average Bonchev–Trinajstić information content (AvgIpc) is 3.05. The molecule has 3 N–H and O–H groups in total. The van der Waals surface area contributed by atoms with Gasteiger partial charge in [0, 0.05) is 0 Å². The van der Waals surface area contributed by atoms with Gasteiger partial charge in [-0.3, -0.25) is 9.59 Å². The van der Waals surface area contributed by atoms with Crippen LogP contribution in [0.15, 0.2) is 0 Å². The zero-order valence-electron chi connectivity index (χ0n) is 33.5. The number of rotatable bonds is 31. The summed E-state index contributed by atoms with van der Waals surface area (Å²) in [6, 6.07) is 0. The molecule has 0 aromatic rings. The summed E-state index contributed by atoms with van der Waals surface area (Å²) < 4.78 is 16.3. The van der Waals surface area contributed by atoms with Crippen LogP contribution in [0.3, 0.4) is 0 Å². The van der Waals surface area contributed by atoms with Gasteiger partial charge in [-0.05, 0) is 72.1 Å². The first-order valence-electron chi connectivity index (χ1n) is 20.6. The molecule has 0 aliphatic heterocycles. The predicted octanol–water partition coefficient (Wildman–Crippen LogP) is 11.5. The Kier molecular flexibility index (Phi) is 36.2. The number of ether oxygens (including phenoxy) is 3. The highest BCUT2D eigenvalue weighted by Crippen LogP contribution is 2.18. The van der Waals surface area contributed by atoms with Crippen LogP contribution in [0.1, 0.15) is 215 Å². The normalized spacial score (nSPS) is 12.4. The molecule has 0 bridgehead atoms. The third-order valence-electron chi connectivity index (χ3n) is 8.56. The molecule has 8 nitrogen and oxygen atoms in total. The van der Waals surface area contributed by atoms with Gasteiger partial charge in [0.1, 0.15) is 24.4 Å². The van der Waals surface area contributed by atoms with E-state index in [4.69, 9.17) is 19.9 Å². The van der Waals surface area contributed by atoms with E-state index in [2.05, 4.69) is 33.0 Å². The van der Waals surface area contributed by atoms with Crippen LogP contribution >= 0.6 is 0 Å². The van der Waals surface area contributed by atoms with Crippen LogP contribution in [-0.2, 0) is 23.8 Å². The predicted molar refractivity (Wildman–Crippen MR) is 206 cm³/mol. The fourth-order valence-corrected chi connectivity index (χ4v) is 5.70. The van der Waals surface area contributed by atoms with Crippen LogP contribution in [-0.4, -0.2) is 48.9 Å². The first-order valence-corrected chi connectivity index (χ1v) is 20.6. The molecule has 1 amide bonds. The molecule has 0 saturated heterocycles. The van der Waals surface area contributed by atoms with Crippen molar-refractivity contribution >= 4 is 18.0 Å². The maximum absolute atomic E-state index is 12.1. The van der Waals surface area contributed by atoms with Gasteiger partial charge in [0.25, 0.3) is 0 Å². The van der Waals surface area contributed by atoms with E-state index < -0.39 is 11.7 Å². The largest absolute Gasteiger partial charge is 0.461 e. The third-order valence-corrected chi connectivity index (χ3v) is 8.56. The molecule has 0 aliphatic carbocycles. The maximum Gasteiger partial charge on any atom is 0.408 e. The van der Waals surface area contributed by atoms with E-state index in [1.165, 1.54) is 128 Å². The highest BCUT2D eigenvalue weighted by atomic mass is 16.6. The molecule has 0 spiro atoms. The molecule has 0 fully saturated rings. The van der Waals surface area contributed by atoms with E-state index >= 15 is 0 Å². The van der Waals surface area contributed by atoms with Gasteiger partial charge < -0.3 is 25.3 Å². The van der Waals surface area contributed by atoms with Crippen LogP contribution < -0.4 is 11.1 Å². The molecule has 8 heteroatoms. The van der Waals surface area contributed by atoms with E-state index in [0.29, 0.717) is 0 Å². The molecule has 49 heavy (non-hydrogen) atoms. The Labute approximate surface area is 303 Å². The second kappa shape index (κ2) is 36.0. The quantitative estimate of drug-likeness (QED) is 0.0420. The van der Waals surface area contributed by atoms with E-state index in [9.17, 15) is 14.4 Å². The standard InChI is InChI=1S/C23H45NO4.C18H37NO2/c1-6-8-10-12-14-16-18-20(17-15-13-11-9-7-2)27-21(25)19-24-22(26)28-23(3,4)5;1-3-5-7-9-11-13-15-17(21-18(20)16-19)14-12-10-8-6-4-2/h20H,6-19H2,1-5H3,(H,24,26);17H,3-16,19H2,1-2H3. The number of esters is 2. The summed E-state index contributed by atoms with van der Waals surface area (Å²) in [5, 5.41) is 2.48. The fraction of sp³-hybridized carbons (Fsp3) is 0.927. The molecule has 0 aromatic carbocycles. The molecule has 0 aliphatic rings. The SMILES string of the molecule is CCCCCCCCC(CCCCCCC)OC(=O)CN.CCCCCCCCC(CCCCCCC)OC(=O)CNC(=O)OC(C)(C)C. The van der Waals surface area contributed by atoms with Crippen molar-refractivity contribution < 1.29 is 28.6 Å². The summed E-state index contributed by atoms with van der Waals surface area (Å²) in [6.45, 7) is 14.1. The summed E-state index contributed by atoms with van der Waals surface area (Å²) in [6.07, 6.45) is 30.7. The summed E-state index contributed by atoms with van der Waals surface area (Å²) in [7, 11) is 0. The van der Waals surface area contributed by atoms with Crippen LogP contribution in [0.25, 0.3) is 0 Å². The van der Waals surface area contributed by atoms with Crippen molar-refractivity contribution in [2.75, 3.05) is 13.1 Å². The average molecular weight is 699 g/mol. The molecule has 0 heterocycles. The smallest absolute Gasteiger partial charge is 0.408 e. The topological polar surface area (TPSA) is 117 Å². The first kappa shape index (κ1) is 49.3. The minimum Gasteiger partial charge on any atom is -0.461 e. The lowest BCUT2D eigenvalue weighted by atomic mass is 10.0. The molecule has 0 rings (SSSR count). The number of nitrogens with two attached hydrogens (primary N) is 1. The van der Waals surface area contributed by atoms with E-state index in [1.807, 2.05) is 0 Å². The molecule has 0 saturated carbocycles. The van der Waals surface area contributed by atoms with E-state index in [0.717, 1.165) is 38.5 Å². The minimum atomic E-state index is -0.587. The monoisotopic (exact) mass is 699 g/mol. The Morgan fingerprint density at radius 2 is 0.816 bits per heavy atom. The van der Waals surface area contributed by atoms with Gasteiger partial charge in [-0.15, -0.1) is 0 Å². The van der Waals surface area contributed by atoms with Gasteiger partial charge in [0.15, 0.2) is 0 Å². The Morgan fingerprint density at radius 3 is 1.12 bits per heavy atom. The number of unbranched alkanes of at least 4 members (excludes halogenated alkanes) is 18. The zero-order valence-corrected chi connectivity index (χ0v) is 33.5. The molecule has 2 atom stereocenters. The van der Waals surface area contributed by atoms with Gasteiger partial charge >= 0.3 is 18.0 Å². The Bertz CT molecular complexity index is 755. The van der Waals surface area contributed by atoms with Crippen molar-refractivity contribution in [3.05, 3.63) is 0 Å². The molecular weight excluding hydrogens is 616 g/mol. The number of amides is 1. The third kappa shape index (κ3) is 38.8. The molecule has 292 valence electrons. The van der Waals surface area contributed by atoms with E-state index in [1.54, 1.807) is 20.8 Å². The van der Waals surface area contributed by atoms with Crippen LogP contribution in [0.4, 0.5) is 4.79 Å². The second-order valence-corrected chi connectivity index (χ2v) is 14.8. The number of hydrogen-bond donors (Lipinski definition) is 2. The number of carbonyl (C=O) groups excluding carboxylic acids is 3. The van der Waals surface area contributed by atoms with Gasteiger partial charge in [0.05, 0.1) is 6.54 Å². The number of alkyl carbamates (subject to hydrolysis) is 1. The number of carbonyl (C=O) groups is 3. The Balaban J connectivity index is 0. The van der Waals surface area contributed by atoms with Gasteiger partial charge in [-0.1, -0.05) is 143 Å². The van der Waals surface area contributed by atoms with E-state index in [-0.39, 0.29) is 37.2 Å². The van der Waals surface area contributed by atoms with Gasteiger partial charge in [-0.2, -0.15) is 0 Å². The Hall–Kier alpha value is -1.83. The lowest BCUT2D eigenvalue weighted by Gasteiger charge is -2.21. The van der Waals surface area contributed by atoms with Gasteiger partial charge in [0.2, 0.25) is 0 Å². The molecule has 0 aromatic heterocycles. The highest BCUT2D eigenvalue weighted by Gasteiger charge is 2.19. The minimum absolute atomic E-state index is 0.00281.